The molecule has 1 aromatic rings. The summed E-state index contributed by atoms with van der Waals surface area (Å²) in [6.07, 6.45) is 8.77. The number of hydrogen-bond donors (Lipinski definition) is 5. The molecule has 0 radical (unpaired) electrons. The quantitative estimate of drug-likeness (QED) is 0.166. The molecule has 12 nitrogen and oxygen atoms in total. The molecule has 3 fully saturated rings. The van der Waals surface area contributed by atoms with Crippen LogP contribution in [0.15, 0.2) is 29.9 Å². The van der Waals surface area contributed by atoms with Gasteiger partial charge in [0, 0.05) is 36.4 Å². The fourth-order valence-electron chi connectivity index (χ4n) is 10.00. The number of carbonyl (C=O) groups is 2. The lowest BCUT2D eigenvalue weighted by Crippen LogP contribution is -2.78. The van der Waals surface area contributed by atoms with E-state index in [1.807, 2.05) is 12.2 Å². The molecule has 0 amide bonds. The van der Waals surface area contributed by atoms with Gasteiger partial charge in [-0.25, -0.2) is 4.79 Å². The number of allylic oxidation sites excluding steroid dienone is 1. The molecule has 1 saturated heterocycles. The van der Waals surface area contributed by atoms with E-state index in [1.165, 1.54) is 26.4 Å². The lowest BCUT2D eigenvalue weighted by molar-refractivity contribution is -0.375. The Labute approximate surface area is 297 Å². The number of methoxy groups -OCH3 is 1. The number of rotatable bonds is 11. The van der Waals surface area contributed by atoms with Crippen LogP contribution < -0.4 is 15.6 Å². The van der Waals surface area contributed by atoms with Crippen molar-refractivity contribution in [1.82, 2.24) is 4.98 Å². The summed E-state index contributed by atoms with van der Waals surface area (Å²) in [5.41, 5.74) is -1.64. The first-order chi connectivity index (χ1) is 24.6. The van der Waals surface area contributed by atoms with Crippen LogP contribution in [0.5, 0.6) is 0 Å². The Morgan fingerprint density at radius 2 is 1.94 bits per heavy atom. The molecule has 0 aromatic carbocycles. The number of carboxylic acid groups (broad SMARTS) is 1. The molecule has 1 spiro atoms. The molecule has 2 saturated carbocycles. The maximum Gasteiger partial charge on any atom is 0.333 e. The third kappa shape index (κ3) is 6.09. The number of ether oxygens (including phenoxy) is 4. The zero-order chi connectivity index (χ0) is 36.1. The highest BCUT2D eigenvalue weighted by Gasteiger charge is 2.70. The third-order valence-electron chi connectivity index (χ3n) is 12.7. The summed E-state index contributed by atoms with van der Waals surface area (Å²) in [7, 11) is 1.27. The second-order valence-corrected chi connectivity index (χ2v) is 15.5. The molecule has 5 N–H and O–H groups in total. The van der Waals surface area contributed by atoms with Crippen LogP contribution >= 0.6 is 0 Å². The number of carbonyl (C=O) groups excluding carboxylic acids is 1. The van der Waals surface area contributed by atoms with Crippen molar-refractivity contribution >= 4 is 23.3 Å². The van der Waals surface area contributed by atoms with Crippen molar-refractivity contribution in [3.05, 3.63) is 46.1 Å². The molecule has 2 aliphatic heterocycles. The van der Waals surface area contributed by atoms with Crippen LogP contribution in [0, 0.1) is 23.7 Å². The zero-order valence-electron chi connectivity index (χ0n) is 29.5. The van der Waals surface area contributed by atoms with Gasteiger partial charge in [0.25, 0.3) is 0 Å². The van der Waals surface area contributed by atoms with Crippen molar-refractivity contribution in [2.75, 3.05) is 20.3 Å². The van der Waals surface area contributed by atoms with E-state index in [4.69, 9.17) is 23.9 Å². The van der Waals surface area contributed by atoms with Gasteiger partial charge in [0.05, 0.1) is 32.0 Å². The van der Waals surface area contributed by atoms with Gasteiger partial charge in [0.1, 0.15) is 17.8 Å². The summed E-state index contributed by atoms with van der Waals surface area (Å²) >= 11 is 0. The smallest absolute Gasteiger partial charge is 0.333 e. The Hall–Kier alpha value is -3.00. The van der Waals surface area contributed by atoms with Crippen molar-refractivity contribution < 1.29 is 54.1 Å². The van der Waals surface area contributed by atoms with Crippen molar-refractivity contribution in [3.8, 4) is 0 Å². The molecular weight excluding hydrogens is 658 g/mol. The topological polar surface area (TPSA) is 186 Å². The van der Waals surface area contributed by atoms with Crippen molar-refractivity contribution in [1.29, 1.82) is 0 Å². The van der Waals surface area contributed by atoms with Crippen molar-refractivity contribution in [3.63, 3.8) is 0 Å². The van der Waals surface area contributed by atoms with Crippen LogP contribution in [-0.2, 0) is 28.5 Å². The van der Waals surface area contributed by atoms with E-state index >= 15 is 0 Å². The molecule has 280 valence electrons. The largest absolute Gasteiger partial charge is 0.658 e. The van der Waals surface area contributed by atoms with Gasteiger partial charge in [-0.3, -0.25) is 4.79 Å². The minimum Gasteiger partial charge on any atom is -0.658 e. The van der Waals surface area contributed by atoms with E-state index in [9.17, 15) is 35.1 Å². The molecule has 1 aromatic heterocycles. The number of carboxylic acids is 1. The molecule has 4 aliphatic carbocycles. The van der Waals surface area contributed by atoms with Crippen LogP contribution in [-0.4, -0.2) is 93.6 Å². The van der Waals surface area contributed by atoms with Crippen LogP contribution in [0.3, 0.4) is 0 Å². The Balaban J connectivity index is 1.26. The Kier molecular flexibility index (Phi) is 10.3. The Morgan fingerprint density at radius 3 is 2.65 bits per heavy atom. The van der Waals surface area contributed by atoms with Crippen LogP contribution in [0.25, 0.3) is 11.3 Å². The highest BCUT2D eigenvalue weighted by molar-refractivity contribution is 5.90. The fourth-order valence-corrected chi connectivity index (χ4v) is 10.00. The molecule has 0 unspecified atom stereocenters. The summed E-state index contributed by atoms with van der Waals surface area (Å²) in [6.45, 7) is 1.59. The SMILES string of the molecule is COC(=O)C1=C[C@@H]2CCC=C[C@@H]([C@@H]2O[C@@H]2O[C@H](CO)[C@]34OC(CCCO)=c5[n-]c([C@H](C)C6CCCCC6)cc5=C3CC[C@@]2(O)[C@H]4O)[C@@H]1CC(=O)O. The van der Waals surface area contributed by atoms with Gasteiger partial charge in [-0.2, -0.15) is 5.69 Å². The summed E-state index contributed by atoms with van der Waals surface area (Å²) in [4.78, 5) is 30.0. The lowest BCUT2D eigenvalue weighted by Gasteiger charge is -2.61. The summed E-state index contributed by atoms with van der Waals surface area (Å²) in [6, 6.07) is 2.09. The lowest BCUT2D eigenvalue weighted by atomic mass is 9.63. The van der Waals surface area contributed by atoms with Crippen LogP contribution in [0.4, 0.5) is 0 Å². The highest BCUT2D eigenvalue weighted by Crippen LogP contribution is 2.54. The number of esters is 1. The summed E-state index contributed by atoms with van der Waals surface area (Å²) < 4.78 is 25.0. The molecule has 3 heterocycles. The second kappa shape index (κ2) is 14.4. The van der Waals surface area contributed by atoms with Crippen LogP contribution in [0.2, 0.25) is 0 Å². The number of aliphatic hydroxyl groups excluding tert-OH is 3. The van der Waals surface area contributed by atoms with Crippen molar-refractivity contribution in [2.45, 2.75) is 126 Å². The molecule has 12 heteroatoms. The third-order valence-corrected chi connectivity index (χ3v) is 12.7. The molecule has 51 heavy (non-hydrogen) atoms. The average molecular weight is 711 g/mol. The maximum atomic E-state index is 12.8. The van der Waals surface area contributed by atoms with Gasteiger partial charge in [-0.15, -0.1) is 0 Å². The predicted octanol–water partition coefficient (Wildman–Crippen LogP) is 1.90. The first kappa shape index (κ1) is 36.4. The van der Waals surface area contributed by atoms with Gasteiger partial charge >= 0.3 is 11.9 Å². The molecule has 10 atom stereocenters. The molecular formula is C39H52NO11-. The van der Waals surface area contributed by atoms with Gasteiger partial charge in [0.2, 0.25) is 0 Å². The fraction of sp³-hybridized carbons (Fsp3) is 0.692. The van der Waals surface area contributed by atoms with Gasteiger partial charge in [-0.1, -0.05) is 55.8 Å². The number of fused-ring (bicyclic) bond motifs is 4. The Morgan fingerprint density at radius 1 is 1.16 bits per heavy atom. The van der Waals surface area contributed by atoms with Crippen molar-refractivity contribution in [2.24, 2.45) is 23.7 Å². The maximum absolute atomic E-state index is 12.8. The molecule has 4 bridgehead atoms. The van der Waals surface area contributed by atoms with E-state index in [2.05, 4.69) is 13.0 Å². The first-order valence-corrected chi connectivity index (χ1v) is 18.8. The average Bonchev–Trinajstić information content (AvgIpc) is 3.52. The van der Waals surface area contributed by atoms with Gasteiger partial charge < -0.3 is 49.5 Å². The standard InChI is InChI=1S/C39H52NO11/c1-21(22-9-4-3-5-10-22)29-18-27-28-14-15-38(47)36(46)39(28,51-30(13-8-16-41)33(27)40-29)31(20-42)49-37(38)50-34-23-11-6-7-12-24(34)25(19-32(43)44)26(17-23)35(45)48-2/h7,12,17-18,21-25,31,34,36-37,41-42,46-47H,3-6,8-11,13-16,19-20H2,1-2H3,(H,43,44)/q-1/t21-,23+,24-,25+,31-,34-,36-,37+,38-,39-/m1/s1. The number of aromatic nitrogens is 1. The summed E-state index contributed by atoms with van der Waals surface area (Å²) in [5, 5.41) is 56.9. The minimum absolute atomic E-state index is 0.0707. The second-order valence-electron chi connectivity index (χ2n) is 15.5. The number of aliphatic hydroxyl groups is 4. The zero-order valence-corrected chi connectivity index (χ0v) is 29.5. The van der Waals surface area contributed by atoms with E-state index in [0.717, 1.165) is 29.3 Å². The highest BCUT2D eigenvalue weighted by atomic mass is 16.7. The molecule has 6 aliphatic rings. The Bertz CT molecular complexity index is 1680. The van der Waals surface area contributed by atoms with E-state index in [-0.39, 0.29) is 36.9 Å². The van der Waals surface area contributed by atoms with Gasteiger partial charge in [0.15, 0.2) is 11.9 Å². The number of hydrogen-bond acceptors (Lipinski definition) is 10. The monoisotopic (exact) mass is 710 g/mol. The van der Waals surface area contributed by atoms with E-state index in [1.54, 1.807) is 6.08 Å². The minimum atomic E-state index is -1.96. The van der Waals surface area contributed by atoms with E-state index in [0.29, 0.717) is 49.1 Å². The normalized spacial score (nSPS) is 36.7. The van der Waals surface area contributed by atoms with Gasteiger partial charge in [-0.05, 0) is 67.6 Å². The number of aliphatic carboxylic acids is 1. The number of nitrogens with zero attached hydrogens (tertiary/aromatic N) is 1. The summed E-state index contributed by atoms with van der Waals surface area (Å²) in [5.74, 6) is -2.10. The first-order valence-electron chi connectivity index (χ1n) is 18.8. The predicted molar refractivity (Wildman–Crippen MR) is 183 cm³/mol. The van der Waals surface area contributed by atoms with E-state index < -0.39 is 66.2 Å². The van der Waals surface area contributed by atoms with Crippen LogP contribution in [0.1, 0.15) is 95.6 Å². The molecule has 7 rings (SSSR count).